The van der Waals surface area contributed by atoms with Gasteiger partial charge in [-0.2, -0.15) is 26.3 Å². The van der Waals surface area contributed by atoms with Gasteiger partial charge in [0.25, 0.3) is 0 Å². The second-order valence-corrected chi connectivity index (χ2v) is 7.41. The molecule has 0 saturated carbocycles. The van der Waals surface area contributed by atoms with Crippen LogP contribution in [0.2, 0.25) is 0 Å². The fourth-order valence-corrected chi connectivity index (χ4v) is 3.18. The summed E-state index contributed by atoms with van der Waals surface area (Å²) in [5.41, 5.74) is -6.33. The fraction of sp³-hybridized carbons (Fsp3) is 0.0952. The number of esters is 2. The highest BCUT2D eigenvalue weighted by molar-refractivity contribution is 9.12. The van der Waals surface area contributed by atoms with E-state index < -0.39 is 57.3 Å². The first kappa shape index (κ1) is 24.2. The molecule has 0 amide bonds. The average Bonchev–Trinajstić information content (AvgIpc) is 2.72. The SMILES string of the molecule is O=C(OC(=O)c1c[nH]c2cc(C(F)(F)F)cc(C(F)(F)F)c2c1=O)C(Br)=Cc1ccccc1. The second kappa shape index (κ2) is 8.85. The van der Waals surface area contributed by atoms with Gasteiger partial charge in [0, 0.05) is 6.20 Å². The lowest BCUT2D eigenvalue weighted by atomic mass is 10.0. The summed E-state index contributed by atoms with van der Waals surface area (Å²) in [5.74, 6) is -2.83. The van der Waals surface area contributed by atoms with Gasteiger partial charge in [0.15, 0.2) is 0 Å². The third-order valence-electron chi connectivity index (χ3n) is 4.31. The summed E-state index contributed by atoms with van der Waals surface area (Å²) in [5, 5.41) is -1.20. The molecule has 0 aliphatic carbocycles. The van der Waals surface area contributed by atoms with Gasteiger partial charge in [-0.3, -0.25) is 4.79 Å². The lowest BCUT2D eigenvalue weighted by molar-refractivity contribution is -0.142. The van der Waals surface area contributed by atoms with Crippen LogP contribution in [0.1, 0.15) is 27.0 Å². The van der Waals surface area contributed by atoms with Crippen LogP contribution in [0.3, 0.4) is 0 Å². The number of hydrogen-bond acceptors (Lipinski definition) is 4. The zero-order chi connectivity index (χ0) is 24.6. The van der Waals surface area contributed by atoms with Crippen molar-refractivity contribution < 1.29 is 40.7 Å². The van der Waals surface area contributed by atoms with Gasteiger partial charge >= 0.3 is 24.3 Å². The molecule has 172 valence electrons. The van der Waals surface area contributed by atoms with Crippen molar-refractivity contribution in [3.05, 3.63) is 85.6 Å². The predicted octanol–water partition coefficient (Wildman–Crippen LogP) is 5.69. The Morgan fingerprint density at radius 2 is 1.61 bits per heavy atom. The van der Waals surface area contributed by atoms with Crippen molar-refractivity contribution in [3.63, 3.8) is 0 Å². The van der Waals surface area contributed by atoms with E-state index in [4.69, 9.17) is 0 Å². The summed E-state index contributed by atoms with van der Waals surface area (Å²) >= 11 is 2.90. The number of benzene rings is 2. The van der Waals surface area contributed by atoms with Gasteiger partial charge < -0.3 is 9.72 Å². The summed E-state index contributed by atoms with van der Waals surface area (Å²) in [7, 11) is 0. The molecule has 0 aliphatic rings. The van der Waals surface area contributed by atoms with Gasteiger partial charge in [0.2, 0.25) is 5.43 Å². The van der Waals surface area contributed by atoms with Crippen LogP contribution in [-0.4, -0.2) is 16.9 Å². The third kappa shape index (κ3) is 5.33. The molecule has 3 aromatic rings. The Kier molecular flexibility index (Phi) is 6.50. The average molecular weight is 534 g/mol. The largest absolute Gasteiger partial charge is 0.417 e. The summed E-state index contributed by atoms with van der Waals surface area (Å²) in [6, 6.07) is 8.38. The van der Waals surface area contributed by atoms with Crippen molar-refractivity contribution in [2.75, 3.05) is 0 Å². The van der Waals surface area contributed by atoms with Gasteiger partial charge in [0.1, 0.15) is 10.0 Å². The molecule has 1 N–H and O–H groups in total. The molecular formula is C21H10BrF6NO4. The van der Waals surface area contributed by atoms with Crippen LogP contribution in [0.25, 0.3) is 17.0 Å². The van der Waals surface area contributed by atoms with Gasteiger partial charge in [-0.05, 0) is 39.7 Å². The summed E-state index contributed by atoms with van der Waals surface area (Å²) < 4.78 is 83.5. The summed E-state index contributed by atoms with van der Waals surface area (Å²) in [4.78, 5) is 39.1. The first-order valence-corrected chi connectivity index (χ1v) is 9.61. The molecular weight excluding hydrogens is 524 g/mol. The predicted molar refractivity (Wildman–Crippen MR) is 108 cm³/mol. The molecule has 0 atom stereocenters. The lowest BCUT2D eigenvalue weighted by Gasteiger charge is -2.15. The summed E-state index contributed by atoms with van der Waals surface area (Å²) in [6.07, 6.45) is -8.59. The van der Waals surface area contributed by atoms with E-state index in [2.05, 4.69) is 25.7 Å². The normalized spacial score (nSPS) is 12.6. The van der Waals surface area contributed by atoms with Crippen LogP contribution in [0, 0.1) is 0 Å². The van der Waals surface area contributed by atoms with Crippen molar-refractivity contribution >= 4 is 44.8 Å². The molecule has 2 aromatic carbocycles. The number of fused-ring (bicyclic) bond motifs is 1. The van der Waals surface area contributed by atoms with Crippen molar-refractivity contribution in [2.24, 2.45) is 0 Å². The van der Waals surface area contributed by atoms with Crippen LogP contribution in [0.4, 0.5) is 26.3 Å². The molecule has 0 unspecified atom stereocenters. The number of H-pyrrole nitrogens is 1. The Morgan fingerprint density at radius 3 is 2.18 bits per heavy atom. The van der Waals surface area contributed by atoms with E-state index in [9.17, 15) is 40.7 Å². The van der Waals surface area contributed by atoms with E-state index in [-0.39, 0.29) is 10.5 Å². The summed E-state index contributed by atoms with van der Waals surface area (Å²) in [6.45, 7) is 0. The van der Waals surface area contributed by atoms with E-state index in [1.807, 2.05) is 0 Å². The maximum absolute atomic E-state index is 13.4. The number of carbonyl (C=O) groups excluding carboxylic acids is 2. The Morgan fingerprint density at radius 1 is 0.970 bits per heavy atom. The number of rotatable bonds is 3. The van der Waals surface area contributed by atoms with Crippen molar-refractivity contribution in [1.82, 2.24) is 4.98 Å². The number of carbonyl (C=O) groups is 2. The molecule has 33 heavy (non-hydrogen) atoms. The molecule has 0 saturated heterocycles. The molecule has 5 nitrogen and oxygen atoms in total. The zero-order valence-electron chi connectivity index (χ0n) is 16.0. The number of aromatic amines is 1. The smallest absolute Gasteiger partial charge is 0.385 e. The number of pyridine rings is 1. The fourth-order valence-electron chi connectivity index (χ4n) is 2.83. The minimum absolute atomic E-state index is 0.225. The van der Waals surface area contributed by atoms with Gasteiger partial charge in [-0.25, -0.2) is 9.59 Å². The molecule has 0 fully saturated rings. The Bertz CT molecular complexity index is 1330. The number of halogens is 7. The van der Waals surface area contributed by atoms with E-state index >= 15 is 0 Å². The van der Waals surface area contributed by atoms with E-state index in [0.29, 0.717) is 17.8 Å². The highest BCUT2D eigenvalue weighted by atomic mass is 79.9. The highest BCUT2D eigenvalue weighted by Crippen LogP contribution is 2.38. The zero-order valence-corrected chi connectivity index (χ0v) is 17.6. The van der Waals surface area contributed by atoms with Gasteiger partial charge in [-0.15, -0.1) is 0 Å². The number of alkyl halides is 6. The highest BCUT2D eigenvalue weighted by Gasteiger charge is 2.39. The standard InChI is InChI=1S/C21H10BrF6NO4/c22-14(6-10-4-2-1-3-5-10)19(32)33-18(31)12-9-29-15-8-11(20(23,24)25)7-13(21(26,27)28)16(15)17(12)30/h1-9H,(H,29,30). The molecule has 12 heteroatoms. The monoisotopic (exact) mass is 533 g/mol. The Labute approximate surface area is 188 Å². The molecule has 1 aromatic heterocycles. The molecule has 0 spiro atoms. The minimum Gasteiger partial charge on any atom is -0.385 e. The second-order valence-electron chi connectivity index (χ2n) is 6.55. The van der Waals surface area contributed by atoms with E-state index in [1.165, 1.54) is 6.08 Å². The number of ether oxygens (including phenoxy) is 1. The van der Waals surface area contributed by atoms with Crippen molar-refractivity contribution in [3.8, 4) is 0 Å². The first-order valence-electron chi connectivity index (χ1n) is 8.81. The molecule has 3 rings (SSSR count). The minimum atomic E-state index is -5.34. The third-order valence-corrected chi connectivity index (χ3v) is 4.86. The number of aromatic nitrogens is 1. The maximum atomic E-state index is 13.4. The van der Waals surface area contributed by atoms with Gasteiger partial charge in [-0.1, -0.05) is 30.3 Å². The van der Waals surface area contributed by atoms with Crippen molar-refractivity contribution in [2.45, 2.75) is 12.4 Å². The topological polar surface area (TPSA) is 76.2 Å². The van der Waals surface area contributed by atoms with Crippen LogP contribution in [0.15, 0.2) is 57.9 Å². The van der Waals surface area contributed by atoms with Gasteiger partial charge in [0.05, 0.1) is 22.0 Å². The van der Waals surface area contributed by atoms with E-state index in [0.717, 1.165) is 0 Å². The molecule has 0 radical (unpaired) electrons. The van der Waals surface area contributed by atoms with E-state index in [1.54, 1.807) is 30.3 Å². The number of hydrogen-bond donors (Lipinski definition) is 1. The van der Waals surface area contributed by atoms with Crippen LogP contribution < -0.4 is 5.43 Å². The Balaban J connectivity index is 2.03. The van der Waals surface area contributed by atoms with Crippen LogP contribution in [-0.2, 0) is 21.9 Å². The number of nitrogens with one attached hydrogen (secondary N) is 1. The first-order chi connectivity index (χ1) is 15.3. The van der Waals surface area contributed by atoms with Crippen LogP contribution in [0.5, 0.6) is 0 Å². The Hall–Kier alpha value is -3.41. The maximum Gasteiger partial charge on any atom is 0.417 e. The molecule has 0 bridgehead atoms. The lowest BCUT2D eigenvalue weighted by Crippen LogP contribution is -2.23. The van der Waals surface area contributed by atoms with Crippen molar-refractivity contribution in [1.29, 1.82) is 0 Å². The molecule has 0 aliphatic heterocycles. The van der Waals surface area contributed by atoms with Crippen LogP contribution >= 0.6 is 15.9 Å². The molecule has 1 heterocycles. The quantitative estimate of drug-likeness (QED) is 0.203.